The van der Waals surface area contributed by atoms with Gasteiger partial charge in [0.25, 0.3) is 0 Å². The summed E-state index contributed by atoms with van der Waals surface area (Å²) in [4.78, 5) is 17.0. The van der Waals surface area contributed by atoms with E-state index < -0.39 is 10.0 Å². The molecule has 0 radical (unpaired) electrons. The first-order chi connectivity index (χ1) is 15.3. The number of anilines is 1. The normalized spacial score (nSPS) is 17.3. The number of halogens is 1. The van der Waals surface area contributed by atoms with Gasteiger partial charge in [0.15, 0.2) is 0 Å². The van der Waals surface area contributed by atoms with Gasteiger partial charge in [0.1, 0.15) is 5.82 Å². The zero-order chi connectivity index (χ0) is 22.5. The van der Waals surface area contributed by atoms with Crippen molar-refractivity contribution in [2.45, 2.75) is 31.1 Å². The van der Waals surface area contributed by atoms with Crippen LogP contribution in [0.4, 0.5) is 10.1 Å². The van der Waals surface area contributed by atoms with Crippen molar-refractivity contribution in [1.29, 1.82) is 0 Å². The van der Waals surface area contributed by atoms with Crippen LogP contribution in [-0.4, -0.2) is 43.2 Å². The van der Waals surface area contributed by atoms with Crippen LogP contribution in [0.15, 0.2) is 53.6 Å². The van der Waals surface area contributed by atoms with Gasteiger partial charge in [0, 0.05) is 54.9 Å². The summed E-state index contributed by atoms with van der Waals surface area (Å²) in [5.41, 5.74) is 4.46. The maximum absolute atomic E-state index is 13.5. The van der Waals surface area contributed by atoms with Gasteiger partial charge in [-0.05, 0) is 66.8 Å². The predicted octanol–water partition coefficient (Wildman–Crippen LogP) is 4.08. The number of nitrogens with one attached hydrogen (secondary N) is 1. The fourth-order valence-electron chi connectivity index (χ4n) is 4.69. The molecule has 2 aliphatic heterocycles. The topological polar surface area (TPSA) is 73.5 Å². The lowest BCUT2D eigenvalue weighted by Crippen LogP contribution is -2.35. The average Bonchev–Trinajstić information content (AvgIpc) is 3.21. The third-order valence-corrected chi connectivity index (χ3v) is 8.21. The molecular weight excluding hydrogens is 429 g/mol. The van der Waals surface area contributed by atoms with E-state index in [4.69, 9.17) is 0 Å². The van der Waals surface area contributed by atoms with Gasteiger partial charge < -0.3 is 9.88 Å². The van der Waals surface area contributed by atoms with Crippen molar-refractivity contribution in [3.63, 3.8) is 0 Å². The van der Waals surface area contributed by atoms with E-state index >= 15 is 0 Å². The Labute approximate surface area is 186 Å². The molecule has 3 heterocycles. The molecule has 0 aliphatic carbocycles. The van der Waals surface area contributed by atoms with E-state index in [9.17, 15) is 17.6 Å². The molecule has 1 amide bonds. The molecule has 0 bridgehead atoms. The lowest BCUT2D eigenvalue weighted by molar-refractivity contribution is -0.116. The number of aromatic nitrogens is 1. The number of nitrogens with zero attached hydrogens (tertiary/aromatic N) is 2. The van der Waals surface area contributed by atoms with Crippen molar-refractivity contribution in [1.82, 2.24) is 9.29 Å². The number of H-pyrrole nitrogens is 1. The lowest BCUT2D eigenvalue weighted by atomic mass is 10.00. The molecule has 8 heteroatoms. The number of amides is 1. The highest BCUT2D eigenvalue weighted by Gasteiger charge is 2.29. The summed E-state index contributed by atoms with van der Waals surface area (Å²) in [5, 5.41) is 0.929. The molecule has 0 saturated carbocycles. The SMILES string of the molecule is CC(=O)N1CCCc2cc(S(=O)(=O)N3CC=C(c4c[nH]c5cc(F)ccc45)CC3)ccc21. The van der Waals surface area contributed by atoms with E-state index in [1.54, 1.807) is 29.2 Å². The van der Waals surface area contributed by atoms with Gasteiger partial charge in [0.2, 0.25) is 15.9 Å². The fourth-order valence-corrected chi connectivity index (χ4v) is 6.12. The van der Waals surface area contributed by atoms with Crippen LogP contribution >= 0.6 is 0 Å². The Morgan fingerprint density at radius 2 is 1.94 bits per heavy atom. The van der Waals surface area contributed by atoms with Crippen LogP contribution in [0.25, 0.3) is 16.5 Å². The molecule has 3 aromatic rings. The summed E-state index contributed by atoms with van der Waals surface area (Å²) < 4.78 is 41.6. The van der Waals surface area contributed by atoms with E-state index in [1.165, 1.54) is 23.4 Å². The van der Waals surface area contributed by atoms with Gasteiger partial charge in [-0.25, -0.2) is 12.8 Å². The van der Waals surface area contributed by atoms with Gasteiger partial charge in [-0.15, -0.1) is 0 Å². The highest BCUT2D eigenvalue weighted by atomic mass is 32.2. The lowest BCUT2D eigenvalue weighted by Gasteiger charge is -2.30. The number of rotatable bonds is 3. The van der Waals surface area contributed by atoms with Crippen LogP contribution < -0.4 is 4.90 Å². The van der Waals surface area contributed by atoms with Crippen LogP contribution in [0, 0.1) is 5.82 Å². The number of sulfonamides is 1. The number of carbonyl (C=O) groups is 1. The van der Waals surface area contributed by atoms with Crippen LogP contribution in [0.2, 0.25) is 0 Å². The van der Waals surface area contributed by atoms with Crippen molar-refractivity contribution >= 4 is 38.1 Å². The van der Waals surface area contributed by atoms with Crippen molar-refractivity contribution in [2.24, 2.45) is 0 Å². The molecule has 0 fully saturated rings. The standard InChI is InChI=1S/C24H24FN3O3S/c1-16(29)28-10-2-3-18-13-20(5-7-24(18)28)32(30,31)27-11-8-17(9-12-27)22-15-26-23-14-19(25)4-6-21(22)23/h4-8,13-15,26H,2-3,9-12H2,1H3. The van der Waals surface area contributed by atoms with Crippen LogP contribution in [0.5, 0.6) is 0 Å². The van der Waals surface area contributed by atoms with Gasteiger partial charge in [-0.1, -0.05) is 6.08 Å². The number of aromatic amines is 1. The first kappa shape index (κ1) is 20.9. The number of benzene rings is 2. The Morgan fingerprint density at radius 1 is 1.09 bits per heavy atom. The molecule has 1 aromatic heterocycles. The molecule has 2 aliphatic rings. The number of hydrogen-bond donors (Lipinski definition) is 1. The Balaban J connectivity index is 1.40. The van der Waals surface area contributed by atoms with E-state index in [2.05, 4.69) is 4.98 Å². The molecular formula is C24H24FN3O3S. The first-order valence-electron chi connectivity index (χ1n) is 10.7. The third-order valence-electron chi connectivity index (χ3n) is 6.35. The van der Waals surface area contributed by atoms with Crippen LogP contribution in [0.1, 0.15) is 30.9 Å². The molecule has 2 aromatic carbocycles. The minimum Gasteiger partial charge on any atom is -0.360 e. The molecule has 0 unspecified atom stereocenters. The number of aryl methyl sites for hydroxylation is 1. The minimum absolute atomic E-state index is 0.0322. The molecule has 1 N–H and O–H groups in total. The summed E-state index contributed by atoms with van der Waals surface area (Å²) >= 11 is 0. The molecule has 0 saturated heterocycles. The second-order valence-corrected chi connectivity index (χ2v) is 10.2. The van der Waals surface area contributed by atoms with Gasteiger partial charge in [0.05, 0.1) is 4.90 Å². The van der Waals surface area contributed by atoms with E-state index in [1.807, 2.05) is 12.3 Å². The predicted molar refractivity (Wildman–Crippen MR) is 122 cm³/mol. The van der Waals surface area contributed by atoms with E-state index in [0.717, 1.165) is 46.1 Å². The molecule has 0 spiro atoms. The van der Waals surface area contributed by atoms with Crippen molar-refractivity contribution in [2.75, 3.05) is 24.5 Å². The molecule has 166 valence electrons. The maximum Gasteiger partial charge on any atom is 0.243 e. The maximum atomic E-state index is 13.5. The zero-order valence-corrected chi connectivity index (χ0v) is 18.6. The highest BCUT2D eigenvalue weighted by Crippen LogP contribution is 2.33. The summed E-state index contributed by atoms with van der Waals surface area (Å²) in [6.07, 6.45) is 5.94. The molecule has 32 heavy (non-hydrogen) atoms. The Morgan fingerprint density at radius 3 is 2.69 bits per heavy atom. The largest absolute Gasteiger partial charge is 0.360 e. The number of fused-ring (bicyclic) bond motifs is 2. The average molecular weight is 454 g/mol. The highest BCUT2D eigenvalue weighted by molar-refractivity contribution is 7.89. The number of hydrogen-bond acceptors (Lipinski definition) is 3. The molecule has 0 atom stereocenters. The Hall–Kier alpha value is -2.97. The summed E-state index contributed by atoms with van der Waals surface area (Å²) in [5.74, 6) is -0.326. The monoisotopic (exact) mass is 453 g/mol. The van der Waals surface area contributed by atoms with Crippen LogP contribution in [-0.2, 0) is 21.2 Å². The second kappa shape index (κ2) is 7.86. The van der Waals surface area contributed by atoms with Crippen molar-refractivity contribution in [3.05, 3.63) is 65.6 Å². The van der Waals surface area contributed by atoms with Crippen molar-refractivity contribution in [3.8, 4) is 0 Å². The first-order valence-corrected chi connectivity index (χ1v) is 12.2. The quantitative estimate of drug-likeness (QED) is 0.649. The smallest absolute Gasteiger partial charge is 0.243 e. The zero-order valence-electron chi connectivity index (χ0n) is 17.8. The van der Waals surface area contributed by atoms with Gasteiger partial charge in [-0.2, -0.15) is 4.31 Å². The second-order valence-electron chi connectivity index (χ2n) is 8.30. The summed E-state index contributed by atoms with van der Waals surface area (Å²) in [6, 6.07) is 9.71. The van der Waals surface area contributed by atoms with E-state index in [-0.39, 0.29) is 23.2 Å². The van der Waals surface area contributed by atoms with Gasteiger partial charge in [-0.3, -0.25) is 4.79 Å². The Kier molecular flexibility index (Phi) is 5.14. The fraction of sp³-hybridized carbons (Fsp3) is 0.292. The third kappa shape index (κ3) is 3.53. The summed E-state index contributed by atoms with van der Waals surface area (Å²) in [7, 11) is -3.65. The Bertz CT molecular complexity index is 1360. The number of carbonyl (C=O) groups excluding carboxylic acids is 1. The van der Waals surface area contributed by atoms with Crippen LogP contribution in [0.3, 0.4) is 0 Å². The van der Waals surface area contributed by atoms with E-state index in [0.29, 0.717) is 19.5 Å². The molecule has 5 rings (SSSR count). The summed E-state index contributed by atoms with van der Waals surface area (Å²) in [6.45, 7) is 2.84. The molecule has 6 nitrogen and oxygen atoms in total. The van der Waals surface area contributed by atoms with Crippen molar-refractivity contribution < 1.29 is 17.6 Å². The van der Waals surface area contributed by atoms with Gasteiger partial charge >= 0.3 is 0 Å². The minimum atomic E-state index is -3.65.